The number of nitrogens with two attached hydrogens (primary N) is 1. The van der Waals surface area contributed by atoms with Gasteiger partial charge in [0.25, 0.3) is 0 Å². The summed E-state index contributed by atoms with van der Waals surface area (Å²) < 4.78 is 4.92. The Kier molecular flexibility index (Phi) is 8.30. The second-order valence-electron chi connectivity index (χ2n) is 5.78. The predicted molar refractivity (Wildman–Crippen MR) is 81.6 cm³/mol. The van der Waals surface area contributed by atoms with E-state index in [0.717, 1.165) is 32.1 Å². The summed E-state index contributed by atoms with van der Waals surface area (Å²) in [6.07, 6.45) is 4.90. The van der Waals surface area contributed by atoms with E-state index < -0.39 is 0 Å². The number of carbonyl (C=O) groups excluding carboxylic acids is 2. The Morgan fingerprint density at radius 3 is 2.71 bits per heavy atom. The number of amides is 2. The predicted octanol–water partition coefficient (Wildman–Crippen LogP) is 0.363. The summed E-state index contributed by atoms with van der Waals surface area (Å²) >= 11 is 0. The van der Waals surface area contributed by atoms with Crippen LogP contribution in [-0.4, -0.2) is 57.1 Å². The maximum absolute atomic E-state index is 12.4. The lowest BCUT2D eigenvalue weighted by Gasteiger charge is -2.32. The molecule has 6 heteroatoms. The van der Waals surface area contributed by atoms with Crippen molar-refractivity contribution in [2.45, 2.75) is 32.1 Å². The van der Waals surface area contributed by atoms with Crippen molar-refractivity contribution in [3.8, 4) is 0 Å². The van der Waals surface area contributed by atoms with E-state index in [-0.39, 0.29) is 30.2 Å². The lowest BCUT2D eigenvalue weighted by atomic mass is 9.78. The molecule has 0 heterocycles. The van der Waals surface area contributed by atoms with Gasteiger partial charge < -0.3 is 20.7 Å². The van der Waals surface area contributed by atoms with Crippen LogP contribution in [0.1, 0.15) is 32.1 Å². The van der Waals surface area contributed by atoms with Gasteiger partial charge in [0.2, 0.25) is 11.8 Å². The van der Waals surface area contributed by atoms with Crippen molar-refractivity contribution in [3.05, 3.63) is 0 Å². The van der Waals surface area contributed by atoms with Crippen molar-refractivity contribution in [2.24, 2.45) is 17.6 Å². The molecule has 2 amide bonds. The molecule has 2 atom stereocenters. The zero-order chi connectivity index (χ0) is 15.7. The first kappa shape index (κ1) is 17.9. The second kappa shape index (κ2) is 9.73. The quantitative estimate of drug-likeness (QED) is 0.634. The van der Waals surface area contributed by atoms with Crippen molar-refractivity contribution in [2.75, 3.05) is 40.4 Å². The van der Waals surface area contributed by atoms with Gasteiger partial charge in [0.15, 0.2) is 0 Å². The van der Waals surface area contributed by atoms with Gasteiger partial charge in [0, 0.05) is 33.2 Å². The molecule has 1 rings (SSSR count). The van der Waals surface area contributed by atoms with Gasteiger partial charge >= 0.3 is 0 Å². The van der Waals surface area contributed by atoms with Crippen LogP contribution in [0.25, 0.3) is 0 Å². The maximum atomic E-state index is 12.4. The fraction of sp³-hybridized carbons (Fsp3) is 0.867. The van der Waals surface area contributed by atoms with Crippen LogP contribution >= 0.6 is 0 Å². The van der Waals surface area contributed by atoms with Crippen molar-refractivity contribution in [1.29, 1.82) is 0 Å². The van der Waals surface area contributed by atoms with Crippen LogP contribution in [0, 0.1) is 11.8 Å². The second-order valence-corrected chi connectivity index (χ2v) is 5.78. The molecule has 2 unspecified atom stereocenters. The number of nitrogens with one attached hydrogen (secondary N) is 1. The van der Waals surface area contributed by atoms with Crippen LogP contribution in [0.4, 0.5) is 0 Å². The van der Waals surface area contributed by atoms with Crippen LogP contribution in [0.5, 0.6) is 0 Å². The minimum atomic E-state index is -0.123. The van der Waals surface area contributed by atoms with Gasteiger partial charge in [-0.15, -0.1) is 0 Å². The molecule has 0 aliphatic heterocycles. The Labute approximate surface area is 127 Å². The topological polar surface area (TPSA) is 84.7 Å². The molecule has 0 aromatic carbocycles. The standard InChI is InChI=1S/C15H29N3O3/c1-18(11-14(19)17-8-5-9-21-2)15(20)13-7-4-3-6-12(13)10-16/h12-13H,3-11,16H2,1-2H3,(H,17,19). The molecular formula is C15H29N3O3. The molecule has 0 spiro atoms. The summed E-state index contributed by atoms with van der Waals surface area (Å²) in [6.45, 7) is 1.85. The van der Waals surface area contributed by atoms with Gasteiger partial charge in [0.1, 0.15) is 0 Å². The normalized spacial score (nSPS) is 21.9. The molecule has 0 aromatic heterocycles. The third-order valence-corrected chi connectivity index (χ3v) is 4.13. The average Bonchev–Trinajstić information content (AvgIpc) is 2.50. The SMILES string of the molecule is COCCCNC(=O)CN(C)C(=O)C1CCCCC1CN. The molecule has 1 saturated carbocycles. The van der Waals surface area contributed by atoms with Gasteiger partial charge in [-0.1, -0.05) is 12.8 Å². The summed E-state index contributed by atoms with van der Waals surface area (Å²) in [5.74, 6) is 0.174. The highest BCUT2D eigenvalue weighted by Gasteiger charge is 2.32. The first-order valence-corrected chi connectivity index (χ1v) is 7.80. The Balaban J connectivity index is 2.37. The van der Waals surface area contributed by atoms with Gasteiger partial charge in [-0.05, 0) is 31.7 Å². The molecule has 3 N–H and O–H groups in total. The van der Waals surface area contributed by atoms with E-state index in [2.05, 4.69) is 5.32 Å². The van der Waals surface area contributed by atoms with Crippen LogP contribution in [0.2, 0.25) is 0 Å². The number of methoxy groups -OCH3 is 1. The first-order chi connectivity index (χ1) is 10.1. The van der Waals surface area contributed by atoms with Crippen molar-refractivity contribution >= 4 is 11.8 Å². The Morgan fingerprint density at radius 1 is 1.33 bits per heavy atom. The molecule has 1 aliphatic rings. The fourth-order valence-corrected chi connectivity index (χ4v) is 2.89. The van der Waals surface area contributed by atoms with Gasteiger partial charge in [-0.25, -0.2) is 0 Å². The number of hydrogen-bond acceptors (Lipinski definition) is 4. The summed E-state index contributed by atoms with van der Waals surface area (Å²) in [5, 5.41) is 2.79. The Hall–Kier alpha value is -1.14. The molecule has 0 radical (unpaired) electrons. The van der Waals surface area contributed by atoms with Crippen LogP contribution in [0.3, 0.4) is 0 Å². The van der Waals surface area contributed by atoms with E-state index in [1.807, 2.05) is 0 Å². The molecule has 0 saturated heterocycles. The zero-order valence-electron chi connectivity index (χ0n) is 13.3. The number of likely N-dealkylation sites (N-methyl/N-ethyl adjacent to an activating group) is 1. The highest BCUT2D eigenvalue weighted by Crippen LogP contribution is 2.30. The fourth-order valence-electron chi connectivity index (χ4n) is 2.89. The summed E-state index contributed by atoms with van der Waals surface area (Å²) in [5.41, 5.74) is 5.77. The molecule has 0 aromatic rings. The first-order valence-electron chi connectivity index (χ1n) is 7.80. The number of hydrogen-bond donors (Lipinski definition) is 2. The third-order valence-electron chi connectivity index (χ3n) is 4.13. The van der Waals surface area contributed by atoms with Gasteiger partial charge in [0.05, 0.1) is 6.54 Å². The monoisotopic (exact) mass is 299 g/mol. The Morgan fingerprint density at radius 2 is 2.05 bits per heavy atom. The van der Waals surface area contributed by atoms with Gasteiger partial charge in [-0.2, -0.15) is 0 Å². The lowest BCUT2D eigenvalue weighted by molar-refractivity contribution is -0.140. The third kappa shape index (κ3) is 6.01. The number of rotatable bonds is 8. The smallest absolute Gasteiger partial charge is 0.239 e. The molecule has 122 valence electrons. The average molecular weight is 299 g/mol. The van der Waals surface area contributed by atoms with Crippen LogP contribution < -0.4 is 11.1 Å². The molecular weight excluding hydrogens is 270 g/mol. The highest BCUT2D eigenvalue weighted by atomic mass is 16.5. The van der Waals surface area contributed by atoms with Crippen LogP contribution in [-0.2, 0) is 14.3 Å². The largest absolute Gasteiger partial charge is 0.385 e. The van der Waals surface area contributed by atoms with Crippen molar-refractivity contribution < 1.29 is 14.3 Å². The molecule has 1 aliphatic carbocycles. The van der Waals surface area contributed by atoms with Crippen LogP contribution in [0.15, 0.2) is 0 Å². The van der Waals surface area contributed by atoms with Crippen molar-refractivity contribution in [1.82, 2.24) is 10.2 Å². The van der Waals surface area contributed by atoms with E-state index in [1.165, 1.54) is 4.90 Å². The summed E-state index contributed by atoms with van der Waals surface area (Å²) in [6, 6.07) is 0. The molecule has 0 bridgehead atoms. The van der Waals surface area contributed by atoms with E-state index in [0.29, 0.717) is 19.7 Å². The maximum Gasteiger partial charge on any atom is 0.239 e. The molecule has 21 heavy (non-hydrogen) atoms. The highest BCUT2D eigenvalue weighted by molar-refractivity contribution is 5.85. The lowest BCUT2D eigenvalue weighted by Crippen LogP contribution is -2.44. The van der Waals surface area contributed by atoms with Crippen molar-refractivity contribution in [3.63, 3.8) is 0 Å². The minimum Gasteiger partial charge on any atom is -0.385 e. The van der Waals surface area contributed by atoms with Gasteiger partial charge in [-0.3, -0.25) is 9.59 Å². The van der Waals surface area contributed by atoms with E-state index in [1.54, 1.807) is 14.2 Å². The summed E-state index contributed by atoms with van der Waals surface area (Å²) in [4.78, 5) is 25.8. The summed E-state index contributed by atoms with van der Waals surface area (Å²) in [7, 11) is 3.32. The zero-order valence-corrected chi connectivity index (χ0v) is 13.3. The number of carbonyl (C=O) groups is 2. The van der Waals surface area contributed by atoms with E-state index >= 15 is 0 Å². The minimum absolute atomic E-state index is 0.0185. The van der Waals surface area contributed by atoms with E-state index in [9.17, 15) is 9.59 Å². The number of nitrogens with zero attached hydrogens (tertiary/aromatic N) is 1. The van der Waals surface area contributed by atoms with E-state index in [4.69, 9.17) is 10.5 Å². The number of ether oxygens (including phenoxy) is 1. The molecule has 1 fully saturated rings. The molecule has 6 nitrogen and oxygen atoms in total. The Bertz CT molecular complexity index is 336.